The molecule has 1 atom stereocenters. The van der Waals surface area contributed by atoms with E-state index in [9.17, 15) is 10.1 Å². The fourth-order valence-corrected chi connectivity index (χ4v) is 2.85. The van der Waals surface area contributed by atoms with Crippen LogP contribution >= 0.6 is 11.3 Å². The molecule has 0 saturated heterocycles. The summed E-state index contributed by atoms with van der Waals surface area (Å²) in [4.78, 5) is 15.5. The molecule has 2 aromatic rings. The molecule has 19 heavy (non-hydrogen) atoms. The molecule has 6 nitrogen and oxygen atoms in total. The van der Waals surface area contributed by atoms with Crippen molar-refractivity contribution in [1.29, 1.82) is 0 Å². The monoisotopic (exact) mass is 280 g/mol. The molecule has 2 aromatic heterocycles. The average Bonchev–Trinajstić information content (AvgIpc) is 2.95. The number of nitrogens with one attached hydrogen (secondary N) is 1. The van der Waals surface area contributed by atoms with Crippen molar-refractivity contribution in [3.8, 4) is 0 Å². The standard InChI is InChI=1S/C12H16N4O2S/c1-8(2)10(9-5-4-6-19-9)14-12-11(16(17)18)13-7-15(12)3/h4-8,10,14H,1-3H3. The number of nitrogens with zero attached hydrogens (tertiary/aromatic N) is 3. The van der Waals surface area contributed by atoms with Gasteiger partial charge in [-0.05, 0) is 27.3 Å². The SMILES string of the molecule is CC(C)C(Nc1c([N+](=O)[O-])ncn1C)c1cccs1. The molecular formula is C12H16N4O2S. The van der Waals surface area contributed by atoms with E-state index >= 15 is 0 Å². The Morgan fingerprint density at radius 3 is 2.79 bits per heavy atom. The van der Waals surface area contributed by atoms with Crippen LogP contribution in [-0.4, -0.2) is 14.5 Å². The number of imidazole rings is 1. The van der Waals surface area contributed by atoms with Crippen LogP contribution in [-0.2, 0) is 7.05 Å². The number of anilines is 1. The zero-order valence-electron chi connectivity index (χ0n) is 11.0. The lowest BCUT2D eigenvalue weighted by atomic mass is 10.0. The van der Waals surface area contributed by atoms with E-state index in [0.29, 0.717) is 11.7 Å². The Morgan fingerprint density at radius 2 is 2.26 bits per heavy atom. The minimum absolute atomic E-state index is 0.0362. The third-order valence-corrected chi connectivity index (χ3v) is 3.85. The summed E-state index contributed by atoms with van der Waals surface area (Å²) in [7, 11) is 1.74. The Balaban J connectivity index is 2.33. The molecule has 7 heteroatoms. The van der Waals surface area contributed by atoms with Gasteiger partial charge in [-0.3, -0.25) is 4.57 Å². The maximum atomic E-state index is 11.0. The first kappa shape index (κ1) is 13.5. The molecule has 2 rings (SSSR count). The zero-order valence-corrected chi connectivity index (χ0v) is 11.8. The van der Waals surface area contributed by atoms with Crippen molar-refractivity contribution >= 4 is 23.0 Å². The van der Waals surface area contributed by atoms with E-state index in [1.54, 1.807) is 23.0 Å². The van der Waals surface area contributed by atoms with Gasteiger partial charge in [0, 0.05) is 11.9 Å². The molecule has 0 aliphatic rings. The summed E-state index contributed by atoms with van der Waals surface area (Å²) in [5.41, 5.74) is 0. The zero-order chi connectivity index (χ0) is 14.0. The van der Waals surface area contributed by atoms with Gasteiger partial charge < -0.3 is 15.4 Å². The number of hydrogen-bond acceptors (Lipinski definition) is 5. The van der Waals surface area contributed by atoms with Gasteiger partial charge in [0.2, 0.25) is 12.1 Å². The van der Waals surface area contributed by atoms with Crippen molar-refractivity contribution in [1.82, 2.24) is 9.55 Å². The number of aromatic nitrogens is 2. The van der Waals surface area contributed by atoms with E-state index in [1.807, 2.05) is 17.5 Å². The van der Waals surface area contributed by atoms with Crippen molar-refractivity contribution in [3.63, 3.8) is 0 Å². The smallest absolute Gasteiger partial charge is 0.358 e. The predicted octanol–water partition coefficient (Wildman–Crippen LogP) is 3.20. The molecule has 102 valence electrons. The fraction of sp³-hybridized carbons (Fsp3) is 0.417. The topological polar surface area (TPSA) is 73.0 Å². The minimum atomic E-state index is -0.464. The first-order chi connectivity index (χ1) is 9.00. The summed E-state index contributed by atoms with van der Waals surface area (Å²) in [5.74, 6) is 0.620. The first-order valence-corrected chi connectivity index (χ1v) is 6.84. The average molecular weight is 280 g/mol. The molecule has 0 aliphatic carbocycles. The fourth-order valence-electron chi connectivity index (χ4n) is 1.90. The van der Waals surface area contributed by atoms with E-state index in [0.717, 1.165) is 4.88 Å². The lowest BCUT2D eigenvalue weighted by Gasteiger charge is -2.21. The Morgan fingerprint density at radius 1 is 1.53 bits per heavy atom. The van der Waals surface area contributed by atoms with Crippen LogP contribution in [0.1, 0.15) is 24.8 Å². The molecule has 0 radical (unpaired) electrons. The van der Waals surface area contributed by atoms with Gasteiger partial charge in [-0.25, -0.2) is 0 Å². The number of thiophene rings is 1. The lowest BCUT2D eigenvalue weighted by molar-refractivity contribution is -0.388. The van der Waals surface area contributed by atoms with Crippen molar-refractivity contribution in [2.75, 3.05) is 5.32 Å². The van der Waals surface area contributed by atoms with Crippen LogP contribution in [0.2, 0.25) is 0 Å². The Kier molecular flexibility index (Phi) is 3.84. The van der Waals surface area contributed by atoms with Gasteiger partial charge in [0.1, 0.15) is 0 Å². The quantitative estimate of drug-likeness (QED) is 0.674. The van der Waals surface area contributed by atoms with Crippen LogP contribution in [0.3, 0.4) is 0 Å². The van der Waals surface area contributed by atoms with Crippen LogP contribution in [0.5, 0.6) is 0 Å². The first-order valence-electron chi connectivity index (χ1n) is 5.96. The number of hydrogen-bond donors (Lipinski definition) is 1. The summed E-state index contributed by atoms with van der Waals surface area (Å²) in [6, 6.07) is 4.05. The van der Waals surface area contributed by atoms with Crippen LogP contribution < -0.4 is 5.32 Å². The molecule has 0 bridgehead atoms. The van der Waals surface area contributed by atoms with E-state index in [2.05, 4.69) is 24.1 Å². The summed E-state index contributed by atoms with van der Waals surface area (Å²) in [6.45, 7) is 4.17. The predicted molar refractivity (Wildman–Crippen MR) is 75.4 cm³/mol. The molecule has 1 unspecified atom stereocenters. The third-order valence-electron chi connectivity index (χ3n) is 2.90. The maximum absolute atomic E-state index is 11.0. The van der Waals surface area contributed by atoms with Crippen molar-refractivity contribution < 1.29 is 4.92 Å². The summed E-state index contributed by atoms with van der Waals surface area (Å²) < 4.78 is 1.64. The molecular weight excluding hydrogens is 264 g/mol. The second-order valence-corrected chi connectivity index (χ2v) is 5.65. The molecule has 0 amide bonds. The van der Waals surface area contributed by atoms with Gasteiger partial charge in [-0.15, -0.1) is 11.3 Å². The Bertz CT molecular complexity index is 562. The molecule has 0 spiro atoms. The Hall–Kier alpha value is -1.89. The van der Waals surface area contributed by atoms with Crippen LogP contribution in [0.4, 0.5) is 11.6 Å². The minimum Gasteiger partial charge on any atom is -0.358 e. The third kappa shape index (κ3) is 2.76. The summed E-state index contributed by atoms with van der Waals surface area (Å²) in [5, 5.41) is 16.2. The highest BCUT2D eigenvalue weighted by Crippen LogP contribution is 2.32. The van der Waals surface area contributed by atoms with Crippen molar-refractivity contribution in [2.45, 2.75) is 19.9 Å². The van der Waals surface area contributed by atoms with Gasteiger partial charge in [-0.2, -0.15) is 0 Å². The van der Waals surface area contributed by atoms with Gasteiger partial charge in [-0.1, -0.05) is 19.9 Å². The van der Waals surface area contributed by atoms with Crippen molar-refractivity contribution in [2.24, 2.45) is 13.0 Å². The summed E-state index contributed by atoms with van der Waals surface area (Å²) >= 11 is 1.64. The molecule has 0 aromatic carbocycles. The molecule has 1 N–H and O–H groups in total. The normalized spacial score (nSPS) is 12.6. The number of rotatable bonds is 5. The van der Waals surface area contributed by atoms with Crippen LogP contribution in [0.25, 0.3) is 0 Å². The molecule has 2 heterocycles. The highest BCUT2D eigenvalue weighted by molar-refractivity contribution is 7.10. The number of nitro groups is 1. The van der Waals surface area contributed by atoms with E-state index in [4.69, 9.17) is 0 Å². The Labute approximate surface area is 115 Å². The van der Waals surface area contributed by atoms with E-state index in [-0.39, 0.29) is 11.9 Å². The van der Waals surface area contributed by atoms with Gasteiger partial charge in [0.05, 0.1) is 6.04 Å². The second kappa shape index (κ2) is 5.40. The van der Waals surface area contributed by atoms with Crippen LogP contribution in [0.15, 0.2) is 23.8 Å². The lowest BCUT2D eigenvalue weighted by Crippen LogP contribution is -2.18. The van der Waals surface area contributed by atoms with E-state index in [1.165, 1.54) is 6.33 Å². The molecule has 0 fully saturated rings. The largest absolute Gasteiger partial charge is 0.406 e. The molecule has 0 saturated carbocycles. The van der Waals surface area contributed by atoms with Crippen molar-refractivity contribution in [3.05, 3.63) is 38.8 Å². The van der Waals surface area contributed by atoms with Gasteiger partial charge in [0.25, 0.3) is 0 Å². The molecule has 0 aliphatic heterocycles. The van der Waals surface area contributed by atoms with Gasteiger partial charge in [0.15, 0.2) is 0 Å². The van der Waals surface area contributed by atoms with E-state index < -0.39 is 4.92 Å². The summed E-state index contributed by atoms with van der Waals surface area (Å²) in [6.07, 6.45) is 1.45. The second-order valence-electron chi connectivity index (χ2n) is 4.67. The van der Waals surface area contributed by atoms with Gasteiger partial charge >= 0.3 is 5.82 Å². The highest BCUT2D eigenvalue weighted by atomic mass is 32.1. The maximum Gasteiger partial charge on any atom is 0.406 e. The highest BCUT2D eigenvalue weighted by Gasteiger charge is 2.25. The van der Waals surface area contributed by atoms with Crippen LogP contribution in [0, 0.1) is 16.0 Å². The number of aryl methyl sites for hydroxylation is 1.